The molecule has 2 fully saturated rings. The highest BCUT2D eigenvalue weighted by molar-refractivity contribution is 5.93. The highest BCUT2D eigenvalue weighted by Crippen LogP contribution is 2.36. The predicted molar refractivity (Wildman–Crippen MR) is 115 cm³/mol. The van der Waals surface area contributed by atoms with Gasteiger partial charge in [0.1, 0.15) is 11.5 Å². The number of nitrogens with zero attached hydrogens (tertiary/aromatic N) is 2. The number of carbonyl (C=O) groups excluding carboxylic acids is 1. The summed E-state index contributed by atoms with van der Waals surface area (Å²) in [4.78, 5) is 21.1. The van der Waals surface area contributed by atoms with Crippen LogP contribution >= 0.6 is 0 Å². The lowest BCUT2D eigenvalue weighted by Crippen LogP contribution is -2.53. The van der Waals surface area contributed by atoms with Gasteiger partial charge in [0.05, 0.1) is 19.8 Å². The fourth-order valence-electron chi connectivity index (χ4n) is 3.92. The highest BCUT2D eigenvalue weighted by Gasteiger charge is 2.46. The number of aliphatic hydroxyl groups excluding tert-OH is 1. The summed E-state index contributed by atoms with van der Waals surface area (Å²) in [5.74, 6) is -0.0186. The predicted octanol–water partition coefficient (Wildman–Crippen LogP) is 3.40. The maximum Gasteiger partial charge on any atom is 0.213 e. The molecule has 0 spiro atoms. The summed E-state index contributed by atoms with van der Waals surface area (Å²) in [5, 5.41) is 9.84. The molecule has 0 bridgehead atoms. The molecule has 1 aliphatic carbocycles. The largest absolute Gasteiger partial charge is 0.474 e. The standard InChI is InChI=1S/C25H23FN2O4/c26-23-8-1-16(11-27-23)9-22(30)25(14-31-15-25)19-4-2-17(3-5-19)21-12-28-24(10-18(21)13-29)32-20-6-7-20/h1-5,8,10-12,20,29H,6-7,9,13-15H2. The number of aromatic nitrogens is 2. The van der Waals surface area contributed by atoms with Crippen LogP contribution in [0.1, 0.15) is 29.5 Å². The van der Waals surface area contributed by atoms with Gasteiger partial charge in [-0.1, -0.05) is 30.3 Å². The van der Waals surface area contributed by atoms with Crippen LogP contribution in [-0.2, 0) is 28.0 Å². The van der Waals surface area contributed by atoms with Gasteiger partial charge in [0.2, 0.25) is 11.8 Å². The van der Waals surface area contributed by atoms with Crippen molar-refractivity contribution in [1.29, 1.82) is 0 Å². The molecule has 3 aromatic rings. The van der Waals surface area contributed by atoms with Crippen LogP contribution in [0.15, 0.2) is 54.9 Å². The lowest BCUT2D eigenvalue weighted by Gasteiger charge is -2.40. The first-order chi connectivity index (χ1) is 15.6. The third-order valence-corrected chi connectivity index (χ3v) is 6.08. The van der Waals surface area contributed by atoms with Gasteiger partial charge in [0.15, 0.2) is 5.78 Å². The van der Waals surface area contributed by atoms with E-state index >= 15 is 0 Å². The molecule has 0 amide bonds. The second-order valence-corrected chi connectivity index (χ2v) is 8.40. The zero-order valence-electron chi connectivity index (χ0n) is 17.5. The maximum atomic E-state index is 13.1. The molecule has 7 heteroatoms. The average Bonchev–Trinajstić information content (AvgIpc) is 3.59. The van der Waals surface area contributed by atoms with Crippen molar-refractivity contribution in [2.24, 2.45) is 0 Å². The number of rotatable bonds is 8. The minimum atomic E-state index is -0.715. The summed E-state index contributed by atoms with van der Waals surface area (Å²) in [6, 6.07) is 12.3. The van der Waals surface area contributed by atoms with E-state index in [1.807, 2.05) is 24.3 Å². The maximum absolute atomic E-state index is 13.1. The van der Waals surface area contributed by atoms with Crippen LogP contribution in [0.25, 0.3) is 11.1 Å². The number of Topliss-reactive ketones (excluding diaryl/α,β-unsaturated/α-hetero) is 1. The summed E-state index contributed by atoms with van der Waals surface area (Å²) in [6.45, 7) is 0.509. The van der Waals surface area contributed by atoms with Crippen molar-refractivity contribution in [3.05, 3.63) is 77.5 Å². The second kappa shape index (κ2) is 8.41. The van der Waals surface area contributed by atoms with Crippen LogP contribution < -0.4 is 4.74 Å². The van der Waals surface area contributed by atoms with Crippen molar-refractivity contribution in [1.82, 2.24) is 9.97 Å². The van der Waals surface area contributed by atoms with Crippen molar-refractivity contribution >= 4 is 5.78 Å². The molecule has 0 unspecified atom stereocenters. The quantitative estimate of drug-likeness (QED) is 0.548. The van der Waals surface area contributed by atoms with Crippen molar-refractivity contribution < 1.29 is 23.8 Å². The molecule has 1 saturated heterocycles. The molecule has 1 saturated carbocycles. The van der Waals surface area contributed by atoms with E-state index in [2.05, 4.69) is 9.97 Å². The Labute approximate surface area is 185 Å². The Balaban J connectivity index is 1.37. The van der Waals surface area contributed by atoms with E-state index < -0.39 is 11.4 Å². The smallest absolute Gasteiger partial charge is 0.213 e. The second-order valence-electron chi connectivity index (χ2n) is 8.40. The van der Waals surface area contributed by atoms with Crippen molar-refractivity contribution in [3.63, 3.8) is 0 Å². The van der Waals surface area contributed by atoms with Gasteiger partial charge in [-0.2, -0.15) is 4.39 Å². The summed E-state index contributed by atoms with van der Waals surface area (Å²) < 4.78 is 24.2. The summed E-state index contributed by atoms with van der Waals surface area (Å²) in [5.41, 5.74) is 3.29. The number of aliphatic hydroxyl groups is 1. The van der Waals surface area contributed by atoms with Gasteiger partial charge >= 0.3 is 0 Å². The first-order valence-corrected chi connectivity index (χ1v) is 10.7. The summed E-state index contributed by atoms with van der Waals surface area (Å²) in [7, 11) is 0. The molecule has 3 heterocycles. The molecule has 1 N–H and O–H groups in total. The van der Waals surface area contributed by atoms with Gasteiger partial charge in [-0.3, -0.25) is 4.79 Å². The van der Waals surface area contributed by atoms with E-state index in [1.54, 1.807) is 18.3 Å². The molecule has 32 heavy (non-hydrogen) atoms. The Morgan fingerprint density at radius 3 is 2.50 bits per heavy atom. The monoisotopic (exact) mass is 434 g/mol. The molecule has 164 valence electrons. The van der Waals surface area contributed by atoms with Gasteiger partial charge in [0, 0.05) is 30.4 Å². The third kappa shape index (κ3) is 4.01. The number of ether oxygens (including phenoxy) is 2. The Morgan fingerprint density at radius 2 is 1.91 bits per heavy atom. The minimum Gasteiger partial charge on any atom is -0.474 e. The van der Waals surface area contributed by atoms with Crippen molar-refractivity contribution in [3.8, 4) is 17.0 Å². The number of halogens is 1. The SMILES string of the molecule is O=C(Cc1ccc(F)nc1)C1(c2ccc(-c3cnc(OC4CC4)cc3CO)cc2)COC1. The van der Waals surface area contributed by atoms with Gasteiger partial charge in [-0.15, -0.1) is 0 Å². The van der Waals surface area contributed by atoms with Crippen LogP contribution in [0.5, 0.6) is 5.88 Å². The van der Waals surface area contributed by atoms with E-state index in [0.29, 0.717) is 24.7 Å². The average molecular weight is 434 g/mol. The molecule has 0 radical (unpaired) electrons. The number of hydrogen-bond donors (Lipinski definition) is 1. The number of ketones is 1. The zero-order valence-corrected chi connectivity index (χ0v) is 17.5. The van der Waals surface area contributed by atoms with Crippen molar-refractivity contribution in [2.75, 3.05) is 13.2 Å². The van der Waals surface area contributed by atoms with E-state index in [4.69, 9.17) is 9.47 Å². The van der Waals surface area contributed by atoms with Crippen LogP contribution in [0.4, 0.5) is 4.39 Å². The van der Waals surface area contributed by atoms with Crippen LogP contribution in [-0.4, -0.2) is 40.2 Å². The summed E-state index contributed by atoms with van der Waals surface area (Å²) >= 11 is 0. The number of pyridine rings is 2. The first kappa shape index (κ1) is 20.7. The fourth-order valence-corrected chi connectivity index (χ4v) is 3.92. The number of benzene rings is 1. The molecule has 1 aliphatic heterocycles. The molecule has 2 aliphatic rings. The molecule has 2 aromatic heterocycles. The Kier molecular flexibility index (Phi) is 5.45. The van der Waals surface area contributed by atoms with E-state index in [9.17, 15) is 14.3 Å². The Morgan fingerprint density at radius 1 is 1.12 bits per heavy atom. The Bertz CT molecular complexity index is 1120. The van der Waals surface area contributed by atoms with Gasteiger partial charge in [-0.05, 0) is 41.2 Å². The zero-order chi connectivity index (χ0) is 22.1. The molecule has 6 nitrogen and oxygen atoms in total. The first-order valence-electron chi connectivity index (χ1n) is 10.7. The molecule has 5 rings (SSSR count). The van der Waals surface area contributed by atoms with E-state index in [1.165, 1.54) is 12.3 Å². The molecular formula is C25H23FN2O4. The topological polar surface area (TPSA) is 81.5 Å². The fraction of sp³-hybridized carbons (Fsp3) is 0.320. The normalized spacial score (nSPS) is 16.9. The Hall–Kier alpha value is -3.16. The third-order valence-electron chi connectivity index (χ3n) is 6.08. The van der Waals surface area contributed by atoms with Gasteiger partial charge in [-0.25, -0.2) is 9.97 Å². The number of hydrogen-bond acceptors (Lipinski definition) is 6. The molecule has 0 atom stereocenters. The lowest BCUT2D eigenvalue weighted by atomic mass is 9.73. The van der Waals surface area contributed by atoms with Crippen LogP contribution in [0.2, 0.25) is 0 Å². The van der Waals surface area contributed by atoms with Crippen LogP contribution in [0.3, 0.4) is 0 Å². The van der Waals surface area contributed by atoms with E-state index in [0.717, 1.165) is 35.1 Å². The number of carbonyl (C=O) groups is 1. The van der Waals surface area contributed by atoms with Gasteiger partial charge < -0.3 is 14.6 Å². The minimum absolute atomic E-state index is 0.0178. The molecule has 1 aromatic carbocycles. The summed E-state index contributed by atoms with van der Waals surface area (Å²) in [6.07, 6.45) is 5.60. The van der Waals surface area contributed by atoms with Crippen LogP contribution in [0, 0.1) is 5.95 Å². The van der Waals surface area contributed by atoms with Gasteiger partial charge in [0.25, 0.3) is 0 Å². The van der Waals surface area contributed by atoms with E-state index in [-0.39, 0.29) is 24.9 Å². The lowest BCUT2D eigenvalue weighted by molar-refractivity contribution is -0.142. The highest BCUT2D eigenvalue weighted by atomic mass is 19.1. The molecular weight excluding hydrogens is 411 g/mol. The van der Waals surface area contributed by atoms with Crippen molar-refractivity contribution in [2.45, 2.75) is 37.4 Å².